The van der Waals surface area contributed by atoms with Crippen molar-refractivity contribution in [1.82, 2.24) is 15.6 Å². The lowest BCUT2D eigenvalue weighted by molar-refractivity contribution is -0.142. The molecule has 1 heterocycles. The van der Waals surface area contributed by atoms with E-state index in [1.54, 1.807) is 0 Å². The van der Waals surface area contributed by atoms with Gasteiger partial charge in [-0.05, 0) is 47.9 Å². The van der Waals surface area contributed by atoms with Gasteiger partial charge >= 0.3 is 5.97 Å². The number of hydrogen-bond donors (Lipinski definition) is 4. The number of benzene rings is 1. The van der Waals surface area contributed by atoms with Crippen LogP contribution < -0.4 is 10.6 Å². The molecule has 26 heavy (non-hydrogen) atoms. The normalized spacial score (nSPS) is 12.1. The number of hydrogen-bond acceptors (Lipinski definition) is 3. The molecule has 2 aromatic rings. The molecular weight excluding hydrogens is 334 g/mol. The summed E-state index contributed by atoms with van der Waals surface area (Å²) in [4.78, 5) is 38.0. The highest BCUT2D eigenvalue weighted by Crippen LogP contribution is 2.15. The SMILES string of the molecule is CC(C)C[C@H](NC(=O)CNC(=O)CCc1ccc2[nH]ccc2c1)C(=O)O. The maximum Gasteiger partial charge on any atom is 0.326 e. The fraction of sp³-hybridized carbons (Fsp3) is 0.421. The van der Waals surface area contributed by atoms with E-state index < -0.39 is 17.9 Å². The van der Waals surface area contributed by atoms with Crippen LogP contribution in [0.25, 0.3) is 10.9 Å². The molecule has 2 amide bonds. The van der Waals surface area contributed by atoms with Crippen LogP contribution in [0.1, 0.15) is 32.3 Å². The molecule has 2 rings (SSSR count). The summed E-state index contributed by atoms with van der Waals surface area (Å²) in [5.41, 5.74) is 2.09. The zero-order valence-corrected chi connectivity index (χ0v) is 15.0. The molecule has 140 valence electrons. The molecule has 1 aromatic carbocycles. The van der Waals surface area contributed by atoms with Gasteiger partial charge in [-0.15, -0.1) is 0 Å². The Kier molecular flexibility index (Phi) is 6.77. The predicted molar refractivity (Wildman–Crippen MR) is 98.7 cm³/mol. The van der Waals surface area contributed by atoms with Crippen LogP contribution in [0.2, 0.25) is 0 Å². The summed E-state index contributed by atoms with van der Waals surface area (Å²) in [5.74, 6) is -1.67. The number of aromatic amines is 1. The van der Waals surface area contributed by atoms with Gasteiger partial charge < -0.3 is 20.7 Å². The van der Waals surface area contributed by atoms with Gasteiger partial charge in [0.25, 0.3) is 0 Å². The summed E-state index contributed by atoms with van der Waals surface area (Å²) in [5, 5.41) is 15.2. The molecule has 0 aliphatic rings. The van der Waals surface area contributed by atoms with E-state index in [0.29, 0.717) is 12.8 Å². The highest BCUT2D eigenvalue weighted by Gasteiger charge is 2.21. The fourth-order valence-corrected chi connectivity index (χ4v) is 2.72. The number of carboxylic acid groups (broad SMARTS) is 1. The monoisotopic (exact) mass is 359 g/mol. The van der Waals surface area contributed by atoms with Crippen molar-refractivity contribution in [1.29, 1.82) is 0 Å². The third-order valence-electron chi connectivity index (χ3n) is 4.04. The predicted octanol–water partition coefficient (Wildman–Crippen LogP) is 1.83. The van der Waals surface area contributed by atoms with E-state index in [1.807, 2.05) is 44.3 Å². The number of amides is 2. The third-order valence-corrected chi connectivity index (χ3v) is 4.04. The molecule has 0 fully saturated rings. The average molecular weight is 359 g/mol. The maximum atomic E-state index is 11.9. The highest BCUT2D eigenvalue weighted by molar-refractivity contribution is 5.88. The van der Waals surface area contributed by atoms with Crippen LogP contribution in [-0.2, 0) is 20.8 Å². The number of carbonyl (C=O) groups is 3. The highest BCUT2D eigenvalue weighted by atomic mass is 16.4. The van der Waals surface area contributed by atoms with Crippen LogP contribution in [0.4, 0.5) is 0 Å². The minimum absolute atomic E-state index is 0.142. The molecule has 1 atom stereocenters. The lowest BCUT2D eigenvalue weighted by Crippen LogP contribution is -2.46. The van der Waals surface area contributed by atoms with Crippen LogP contribution in [0.5, 0.6) is 0 Å². The van der Waals surface area contributed by atoms with E-state index in [-0.39, 0.29) is 24.8 Å². The Bertz CT molecular complexity index is 782. The van der Waals surface area contributed by atoms with Gasteiger partial charge in [-0.25, -0.2) is 4.79 Å². The first-order chi connectivity index (χ1) is 12.3. The van der Waals surface area contributed by atoms with E-state index in [1.165, 1.54) is 0 Å². The smallest absolute Gasteiger partial charge is 0.326 e. The van der Waals surface area contributed by atoms with Crippen molar-refractivity contribution in [3.05, 3.63) is 36.0 Å². The van der Waals surface area contributed by atoms with Gasteiger partial charge in [-0.3, -0.25) is 9.59 Å². The van der Waals surface area contributed by atoms with E-state index in [0.717, 1.165) is 16.5 Å². The maximum absolute atomic E-state index is 11.9. The number of fused-ring (bicyclic) bond motifs is 1. The average Bonchev–Trinajstić information content (AvgIpc) is 3.04. The second kappa shape index (κ2) is 9.03. The molecule has 0 aliphatic carbocycles. The van der Waals surface area contributed by atoms with Crippen LogP contribution in [-0.4, -0.2) is 40.5 Å². The minimum atomic E-state index is -1.07. The molecule has 0 bridgehead atoms. The lowest BCUT2D eigenvalue weighted by Gasteiger charge is -2.16. The summed E-state index contributed by atoms with van der Waals surface area (Å²) < 4.78 is 0. The molecule has 7 heteroatoms. The van der Waals surface area contributed by atoms with Crippen LogP contribution in [0.3, 0.4) is 0 Å². The van der Waals surface area contributed by atoms with Gasteiger partial charge in [0.1, 0.15) is 6.04 Å². The third kappa shape index (κ3) is 5.91. The van der Waals surface area contributed by atoms with Crippen molar-refractivity contribution >= 4 is 28.7 Å². The Labute approximate surface area is 152 Å². The number of carboxylic acids is 1. The summed E-state index contributed by atoms with van der Waals surface area (Å²) in [6.07, 6.45) is 3.04. The molecule has 0 spiro atoms. The fourth-order valence-electron chi connectivity index (χ4n) is 2.72. The second-order valence-corrected chi connectivity index (χ2v) is 6.76. The number of aryl methyl sites for hydroxylation is 1. The zero-order valence-electron chi connectivity index (χ0n) is 15.0. The molecule has 4 N–H and O–H groups in total. The van der Waals surface area contributed by atoms with Crippen LogP contribution >= 0.6 is 0 Å². The van der Waals surface area contributed by atoms with Gasteiger partial charge in [-0.1, -0.05) is 19.9 Å². The van der Waals surface area contributed by atoms with E-state index in [4.69, 9.17) is 5.11 Å². The van der Waals surface area contributed by atoms with E-state index in [2.05, 4.69) is 15.6 Å². The number of rotatable bonds is 9. The summed E-state index contributed by atoms with van der Waals surface area (Å²) in [7, 11) is 0. The Balaban J connectivity index is 1.75. The van der Waals surface area contributed by atoms with Crippen LogP contribution in [0.15, 0.2) is 30.5 Å². The van der Waals surface area contributed by atoms with Crippen molar-refractivity contribution in [2.24, 2.45) is 5.92 Å². The lowest BCUT2D eigenvalue weighted by atomic mass is 10.0. The second-order valence-electron chi connectivity index (χ2n) is 6.76. The Morgan fingerprint density at radius 1 is 1.15 bits per heavy atom. The van der Waals surface area contributed by atoms with Crippen molar-refractivity contribution in [2.45, 2.75) is 39.2 Å². The number of aliphatic carboxylic acids is 1. The quantitative estimate of drug-likeness (QED) is 0.547. The molecule has 0 saturated carbocycles. The summed E-state index contributed by atoms with van der Waals surface area (Å²) >= 11 is 0. The van der Waals surface area contributed by atoms with Crippen molar-refractivity contribution < 1.29 is 19.5 Å². The topological polar surface area (TPSA) is 111 Å². The molecular formula is C19H25N3O4. The summed E-state index contributed by atoms with van der Waals surface area (Å²) in [6, 6.07) is 6.99. The first-order valence-corrected chi connectivity index (χ1v) is 8.70. The van der Waals surface area contributed by atoms with Gasteiger partial charge in [0.2, 0.25) is 11.8 Å². The first-order valence-electron chi connectivity index (χ1n) is 8.70. The number of aromatic nitrogens is 1. The Morgan fingerprint density at radius 2 is 1.92 bits per heavy atom. The largest absolute Gasteiger partial charge is 0.480 e. The van der Waals surface area contributed by atoms with Gasteiger partial charge in [-0.2, -0.15) is 0 Å². The van der Waals surface area contributed by atoms with Gasteiger partial charge in [0.05, 0.1) is 6.54 Å². The Hall–Kier alpha value is -2.83. The Morgan fingerprint density at radius 3 is 2.62 bits per heavy atom. The van der Waals surface area contributed by atoms with E-state index in [9.17, 15) is 14.4 Å². The summed E-state index contributed by atoms with van der Waals surface area (Å²) in [6.45, 7) is 3.54. The minimum Gasteiger partial charge on any atom is -0.480 e. The standard InChI is InChI=1S/C19H25N3O4/c1-12(2)9-16(19(25)26)22-18(24)11-21-17(23)6-4-13-3-5-15-14(10-13)7-8-20-15/h3,5,7-8,10,12,16,20H,4,6,9,11H2,1-2H3,(H,21,23)(H,22,24)(H,25,26)/t16-/m0/s1. The van der Waals surface area contributed by atoms with Crippen LogP contribution in [0, 0.1) is 5.92 Å². The molecule has 0 unspecified atom stereocenters. The first kappa shape index (κ1) is 19.5. The molecule has 0 saturated heterocycles. The molecule has 7 nitrogen and oxygen atoms in total. The van der Waals surface area contributed by atoms with Gasteiger partial charge in [0.15, 0.2) is 0 Å². The number of carbonyl (C=O) groups excluding carboxylic acids is 2. The molecule has 0 radical (unpaired) electrons. The number of H-pyrrole nitrogens is 1. The molecule has 1 aromatic heterocycles. The van der Waals surface area contributed by atoms with E-state index >= 15 is 0 Å². The van der Waals surface area contributed by atoms with Crippen molar-refractivity contribution in [3.63, 3.8) is 0 Å². The van der Waals surface area contributed by atoms with Gasteiger partial charge in [0, 0.05) is 18.1 Å². The van der Waals surface area contributed by atoms with Crippen molar-refractivity contribution in [2.75, 3.05) is 6.54 Å². The molecule has 0 aliphatic heterocycles. The zero-order chi connectivity index (χ0) is 19.1. The van der Waals surface area contributed by atoms with Crippen molar-refractivity contribution in [3.8, 4) is 0 Å². The number of nitrogens with one attached hydrogen (secondary N) is 3.